The van der Waals surface area contributed by atoms with E-state index in [4.69, 9.17) is 4.74 Å². The average molecular weight is 373 g/mol. The summed E-state index contributed by atoms with van der Waals surface area (Å²) in [6, 6.07) is 8.39. The summed E-state index contributed by atoms with van der Waals surface area (Å²) in [4.78, 5) is 17.5. The third-order valence-corrected chi connectivity index (χ3v) is 6.33. The number of nitrogens with zero attached hydrogens (tertiary/aromatic N) is 2. The fourth-order valence-electron chi connectivity index (χ4n) is 4.74. The molecule has 3 rings (SSSR count). The standard InChI is InChI=1S/C23H36N2O2/c1-3-25(23(26)21-10-4-5-11-21)18-20-9-7-14-24(17-20)15-13-19-8-6-12-22(16-19)27-2/h6,8,12,16,20-21H,3-5,7,9-11,13-15,17-18H2,1-2H3/t20-/m0/s1. The van der Waals surface area contributed by atoms with Gasteiger partial charge < -0.3 is 14.5 Å². The summed E-state index contributed by atoms with van der Waals surface area (Å²) in [6.07, 6.45) is 8.23. The van der Waals surface area contributed by atoms with Crippen molar-refractivity contribution in [3.05, 3.63) is 29.8 Å². The Bertz CT molecular complexity index is 598. The van der Waals surface area contributed by atoms with E-state index in [1.165, 1.54) is 37.8 Å². The maximum Gasteiger partial charge on any atom is 0.225 e. The Morgan fingerprint density at radius 2 is 2.04 bits per heavy atom. The van der Waals surface area contributed by atoms with Crippen molar-refractivity contribution < 1.29 is 9.53 Å². The highest BCUT2D eigenvalue weighted by molar-refractivity contribution is 5.79. The molecule has 1 atom stereocenters. The minimum atomic E-state index is 0.303. The van der Waals surface area contributed by atoms with E-state index in [9.17, 15) is 4.79 Å². The van der Waals surface area contributed by atoms with Crippen LogP contribution in [-0.2, 0) is 11.2 Å². The Balaban J connectivity index is 1.48. The predicted octanol–water partition coefficient (Wildman–Crippen LogP) is 3.99. The van der Waals surface area contributed by atoms with Crippen LogP contribution in [0.3, 0.4) is 0 Å². The SMILES string of the molecule is CCN(C[C@H]1CCCN(CCc2cccc(OC)c2)C1)C(=O)C1CCCC1. The molecule has 1 aromatic rings. The number of amides is 1. The van der Waals surface area contributed by atoms with E-state index in [2.05, 4.69) is 34.9 Å². The molecular weight excluding hydrogens is 336 g/mol. The first-order valence-corrected chi connectivity index (χ1v) is 10.8. The zero-order valence-corrected chi connectivity index (χ0v) is 17.2. The number of benzene rings is 1. The molecule has 0 bridgehead atoms. The van der Waals surface area contributed by atoms with Crippen LogP contribution in [0, 0.1) is 11.8 Å². The number of piperidine rings is 1. The first-order valence-electron chi connectivity index (χ1n) is 10.8. The van der Waals surface area contributed by atoms with Crippen molar-refractivity contribution >= 4 is 5.91 Å². The number of hydrogen-bond acceptors (Lipinski definition) is 3. The first kappa shape index (κ1) is 20.2. The van der Waals surface area contributed by atoms with Gasteiger partial charge in [0.25, 0.3) is 0 Å². The van der Waals surface area contributed by atoms with Gasteiger partial charge in [0.05, 0.1) is 7.11 Å². The lowest BCUT2D eigenvalue weighted by Gasteiger charge is -2.36. The highest BCUT2D eigenvalue weighted by Crippen LogP contribution is 2.27. The minimum Gasteiger partial charge on any atom is -0.497 e. The van der Waals surface area contributed by atoms with Gasteiger partial charge in [-0.25, -0.2) is 0 Å². The highest BCUT2D eigenvalue weighted by atomic mass is 16.5. The number of rotatable bonds is 8. The van der Waals surface area contributed by atoms with Crippen LogP contribution in [0.15, 0.2) is 24.3 Å². The molecule has 1 heterocycles. The lowest BCUT2D eigenvalue weighted by Crippen LogP contribution is -2.44. The van der Waals surface area contributed by atoms with Gasteiger partial charge in [-0.3, -0.25) is 4.79 Å². The molecule has 0 spiro atoms. The number of ether oxygens (including phenoxy) is 1. The Hall–Kier alpha value is -1.55. The van der Waals surface area contributed by atoms with E-state index >= 15 is 0 Å². The Morgan fingerprint density at radius 3 is 2.78 bits per heavy atom. The molecule has 150 valence electrons. The molecule has 1 amide bonds. The van der Waals surface area contributed by atoms with Crippen molar-refractivity contribution in [2.75, 3.05) is 39.8 Å². The molecule has 27 heavy (non-hydrogen) atoms. The molecule has 0 N–H and O–H groups in total. The molecule has 4 heteroatoms. The highest BCUT2D eigenvalue weighted by Gasteiger charge is 2.29. The van der Waals surface area contributed by atoms with Crippen LogP contribution < -0.4 is 4.74 Å². The van der Waals surface area contributed by atoms with Crippen molar-refractivity contribution in [3.63, 3.8) is 0 Å². The maximum atomic E-state index is 12.8. The number of carbonyl (C=O) groups excluding carboxylic acids is 1. The van der Waals surface area contributed by atoms with E-state index in [-0.39, 0.29) is 0 Å². The number of carbonyl (C=O) groups is 1. The summed E-state index contributed by atoms with van der Waals surface area (Å²) in [7, 11) is 1.72. The van der Waals surface area contributed by atoms with E-state index in [0.717, 1.165) is 51.2 Å². The fourth-order valence-corrected chi connectivity index (χ4v) is 4.74. The van der Waals surface area contributed by atoms with Gasteiger partial charge in [-0.05, 0) is 69.2 Å². The smallest absolute Gasteiger partial charge is 0.225 e. The molecule has 1 saturated carbocycles. The van der Waals surface area contributed by atoms with Gasteiger partial charge in [0.15, 0.2) is 0 Å². The molecule has 1 aromatic carbocycles. The molecule has 4 nitrogen and oxygen atoms in total. The molecule has 2 fully saturated rings. The summed E-state index contributed by atoms with van der Waals surface area (Å²) in [5.41, 5.74) is 1.34. The quantitative estimate of drug-likeness (QED) is 0.692. The summed E-state index contributed by atoms with van der Waals surface area (Å²) >= 11 is 0. The number of methoxy groups -OCH3 is 1. The van der Waals surface area contributed by atoms with Crippen LogP contribution in [0.4, 0.5) is 0 Å². The van der Waals surface area contributed by atoms with E-state index in [1.54, 1.807) is 7.11 Å². The second-order valence-corrected chi connectivity index (χ2v) is 8.27. The third-order valence-electron chi connectivity index (χ3n) is 6.33. The molecule has 1 aliphatic heterocycles. The second-order valence-electron chi connectivity index (χ2n) is 8.27. The Labute approximate surface area is 164 Å². The first-order chi connectivity index (χ1) is 13.2. The maximum absolute atomic E-state index is 12.8. The van der Waals surface area contributed by atoms with Crippen molar-refractivity contribution in [2.24, 2.45) is 11.8 Å². The minimum absolute atomic E-state index is 0.303. The van der Waals surface area contributed by atoms with Crippen LogP contribution in [-0.4, -0.2) is 55.5 Å². The van der Waals surface area contributed by atoms with Crippen LogP contribution in [0.2, 0.25) is 0 Å². The van der Waals surface area contributed by atoms with E-state index < -0.39 is 0 Å². The summed E-state index contributed by atoms with van der Waals surface area (Å²) in [6.45, 7) is 7.33. The van der Waals surface area contributed by atoms with Crippen LogP contribution in [0.5, 0.6) is 5.75 Å². The lowest BCUT2D eigenvalue weighted by molar-refractivity contribution is -0.136. The molecule has 0 aromatic heterocycles. The monoisotopic (exact) mass is 372 g/mol. The zero-order valence-electron chi connectivity index (χ0n) is 17.2. The number of hydrogen-bond donors (Lipinski definition) is 0. The van der Waals surface area contributed by atoms with Crippen LogP contribution in [0.1, 0.15) is 51.0 Å². The lowest BCUT2D eigenvalue weighted by atomic mass is 9.96. The van der Waals surface area contributed by atoms with Crippen molar-refractivity contribution in [1.29, 1.82) is 0 Å². The average Bonchev–Trinajstić information content (AvgIpc) is 3.25. The van der Waals surface area contributed by atoms with Gasteiger partial charge in [0, 0.05) is 32.1 Å². The van der Waals surface area contributed by atoms with Crippen molar-refractivity contribution in [2.45, 2.75) is 51.9 Å². The van der Waals surface area contributed by atoms with Gasteiger partial charge in [0.2, 0.25) is 5.91 Å². The van der Waals surface area contributed by atoms with Gasteiger partial charge >= 0.3 is 0 Å². The molecular formula is C23H36N2O2. The van der Waals surface area contributed by atoms with Crippen molar-refractivity contribution in [1.82, 2.24) is 9.80 Å². The summed E-state index contributed by atoms with van der Waals surface area (Å²) in [5, 5.41) is 0. The van der Waals surface area contributed by atoms with Gasteiger partial charge in [0.1, 0.15) is 5.75 Å². The number of likely N-dealkylation sites (tertiary alicyclic amines) is 1. The predicted molar refractivity (Wildman–Crippen MR) is 110 cm³/mol. The topological polar surface area (TPSA) is 32.8 Å². The molecule has 2 aliphatic rings. The van der Waals surface area contributed by atoms with Gasteiger partial charge in [-0.15, -0.1) is 0 Å². The van der Waals surface area contributed by atoms with E-state index in [0.29, 0.717) is 17.7 Å². The van der Waals surface area contributed by atoms with Gasteiger partial charge in [-0.2, -0.15) is 0 Å². The molecule has 1 aliphatic carbocycles. The summed E-state index contributed by atoms with van der Waals surface area (Å²) < 4.78 is 5.33. The normalized spacial score (nSPS) is 21.3. The molecule has 0 radical (unpaired) electrons. The molecule has 0 unspecified atom stereocenters. The van der Waals surface area contributed by atoms with Crippen LogP contribution in [0.25, 0.3) is 0 Å². The Morgan fingerprint density at radius 1 is 1.22 bits per heavy atom. The third kappa shape index (κ3) is 5.71. The van der Waals surface area contributed by atoms with Gasteiger partial charge in [-0.1, -0.05) is 25.0 Å². The zero-order chi connectivity index (χ0) is 19.1. The Kier molecular flexibility index (Phi) is 7.57. The second kappa shape index (κ2) is 10.1. The van der Waals surface area contributed by atoms with Crippen molar-refractivity contribution in [3.8, 4) is 5.75 Å². The summed E-state index contributed by atoms with van der Waals surface area (Å²) in [5.74, 6) is 2.28. The van der Waals surface area contributed by atoms with E-state index in [1.807, 2.05) is 6.07 Å². The molecule has 1 saturated heterocycles. The fraction of sp³-hybridized carbons (Fsp3) is 0.696. The largest absolute Gasteiger partial charge is 0.497 e. The van der Waals surface area contributed by atoms with Crippen LogP contribution >= 0.6 is 0 Å².